The number of likely N-dealkylation sites (N-methyl/N-ethyl adjacent to an activating group) is 1. The van der Waals surface area contributed by atoms with Gasteiger partial charge in [0, 0.05) is 12.4 Å². The Hall–Kier alpha value is -2.35. The molecule has 0 spiro atoms. The molecule has 2 rings (SSSR count). The molecule has 106 valence electrons. The summed E-state index contributed by atoms with van der Waals surface area (Å²) in [6.07, 6.45) is 3.19. The molecule has 0 radical (unpaired) electrons. The van der Waals surface area contributed by atoms with Crippen LogP contribution in [0.4, 0.5) is 0 Å². The number of rotatable bonds is 5. The van der Waals surface area contributed by atoms with Gasteiger partial charge in [0.15, 0.2) is 0 Å². The van der Waals surface area contributed by atoms with Crippen molar-refractivity contribution in [2.24, 2.45) is 0 Å². The first kappa shape index (κ1) is 14.1. The number of hydrogen-bond donors (Lipinski definition) is 1. The van der Waals surface area contributed by atoms with Gasteiger partial charge in [-0.05, 0) is 27.1 Å². The second-order valence-corrected chi connectivity index (χ2v) is 4.44. The Morgan fingerprint density at radius 2 is 2.05 bits per heavy atom. The van der Waals surface area contributed by atoms with Crippen molar-refractivity contribution in [3.63, 3.8) is 0 Å². The molecule has 0 bridgehead atoms. The van der Waals surface area contributed by atoms with E-state index in [1.807, 2.05) is 25.9 Å². The van der Waals surface area contributed by atoms with Crippen molar-refractivity contribution in [2.45, 2.75) is 19.5 Å². The zero-order valence-electron chi connectivity index (χ0n) is 11.6. The summed E-state index contributed by atoms with van der Waals surface area (Å²) < 4.78 is 5.04. The predicted molar refractivity (Wildman–Crippen MR) is 70.3 cm³/mol. The van der Waals surface area contributed by atoms with E-state index in [4.69, 9.17) is 4.52 Å². The molecule has 0 saturated carbocycles. The zero-order valence-corrected chi connectivity index (χ0v) is 11.6. The summed E-state index contributed by atoms with van der Waals surface area (Å²) >= 11 is 0. The van der Waals surface area contributed by atoms with Gasteiger partial charge >= 0.3 is 0 Å². The fourth-order valence-corrected chi connectivity index (χ4v) is 1.38. The van der Waals surface area contributed by atoms with Crippen molar-refractivity contribution in [3.8, 4) is 11.6 Å². The molecular formula is C12H16N6O2. The molecule has 1 atom stereocenters. The molecule has 1 unspecified atom stereocenters. The number of carbonyl (C=O) groups is 1. The fourth-order valence-electron chi connectivity index (χ4n) is 1.38. The van der Waals surface area contributed by atoms with Gasteiger partial charge in [0.05, 0.1) is 12.6 Å². The summed E-state index contributed by atoms with van der Waals surface area (Å²) in [5.41, 5.74) is 0. The number of aromatic nitrogens is 4. The van der Waals surface area contributed by atoms with Crippen LogP contribution in [0.5, 0.6) is 0 Å². The van der Waals surface area contributed by atoms with Gasteiger partial charge < -0.3 is 9.84 Å². The Kier molecular flexibility index (Phi) is 4.36. The maximum absolute atomic E-state index is 11.8. The molecule has 1 amide bonds. The minimum Gasteiger partial charge on any atom is -0.346 e. The minimum atomic E-state index is -0.227. The third-order valence-corrected chi connectivity index (χ3v) is 2.80. The molecule has 0 aromatic carbocycles. The van der Waals surface area contributed by atoms with Crippen molar-refractivity contribution >= 4 is 5.91 Å². The maximum Gasteiger partial charge on any atom is 0.246 e. The monoisotopic (exact) mass is 276 g/mol. The summed E-state index contributed by atoms with van der Waals surface area (Å²) in [7, 11) is 3.67. The molecule has 0 fully saturated rings. The summed E-state index contributed by atoms with van der Waals surface area (Å²) in [5, 5.41) is 6.50. The van der Waals surface area contributed by atoms with Crippen LogP contribution in [-0.4, -0.2) is 51.1 Å². The Balaban J connectivity index is 1.96. The lowest BCUT2D eigenvalue weighted by molar-refractivity contribution is -0.125. The van der Waals surface area contributed by atoms with E-state index in [1.165, 1.54) is 0 Å². The SMILES string of the molecule is CC(C(=O)NCc1nc(-c2ncccn2)no1)N(C)C. The molecular weight excluding hydrogens is 260 g/mol. The lowest BCUT2D eigenvalue weighted by Gasteiger charge is -2.18. The van der Waals surface area contributed by atoms with Crippen LogP contribution in [0.3, 0.4) is 0 Å². The van der Waals surface area contributed by atoms with E-state index in [0.29, 0.717) is 17.5 Å². The normalized spacial score (nSPS) is 12.4. The predicted octanol–water partition coefficient (Wildman–Crippen LogP) is 0.0929. The molecule has 2 heterocycles. The van der Waals surface area contributed by atoms with E-state index in [1.54, 1.807) is 18.5 Å². The molecule has 8 heteroatoms. The Labute approximate surface area is 116 Å². The minimum absolute atomic E-state index is 0.106. The molecule has 0 aliphatic heterocycles. The highest BCUT2D eigenvalue weighted by Gasteiger charge is 2.16. The smallest absolute Gasteiger partial charge is 0.246 e. The quantitative estimate of drug-likeness (QED) is 0.826. The van der Waals surface area contributed by atoms with Crippen molar-refractivity contribution in [3.05, 3.63) is 24.4 Å². The lowest BCUT2D eigenvalue weighted by atomic mass is 10.3. The number of amides is 1. The van der Waals surface area contributed by atoms with Gasteiger partial charge in [-0.15, -0.1) is 0 Å². The molecule has 20 heavy (non-hydrogen) atoms. The summed E-state index contributed by atoms with van der Waals surface area (Å²) in [5.74, 6) is 0.892. The summed E-state index contributed by atoms with van der Waals surface area (Å²) in [6.45, 7) is 1.99. The molecule has 0 aliphatic rings. The number of nitrogens with zero attached hydrogens (tertiary/aromatic N) is 5. The van der Waals surface area contributed by atoms with Gasteiger partial charge in [-0.3, -0.25) is 9.69 Å². The van der Waals surface area contributed by atoms with Crippen LogP contribution in [0, 0.1) is 0 Å². The first-order chi connectivity index (χ1) is 9.58. The second kappa shape index (κ2) is 6.20. The van der Waals surface area contributed by atoms with Crippen LogP contribution in [0.1, 0.15) is 12.8 Å². The fraction of sp³-hybridized carbons (Fsp3) is 0.417. The van der Waals surface area contributed by atoms with Gasteiger partial charge in [-0.25, -0.2) is 9.97 Å². The van der Waals surface area contributed by atoms with Crippen LogP contribution >= 0.6 is 0 Å². The number of nitrogens with one attached hydrogen (secondary N) is 1. The summed E-state index contributed by atoms with van der Waals surface area (Å²) in [6, 6.07) is 1.47. The number of carbonyl (C=O) groups excluding carboxylic acids is 1. The Bertz CT molecular complexity index is 568. The van der Waals surface area contributed by atoms with Crippen LogP contribution in [0.15, 0.2) is 23.0 Å². The molecule has 2 aromatic heterocycles. The van der Waals surface area contributed by atoms with Gasteiger partial charge in [0.1, 0.15) is 0 Å². The first-order valence-electron chi connectivity index (χ1n) is 6.12. The van der Waals surface area contributed by atoms with Crippen LogP contribution < -0.4 is 5.32 Å². The van der Waals surface area contributed by atoms with Crippen molar-refractivity contribution < 1.29 is 9.32 Å². The molecule has 2 aromatic rings. The van der Waals surface area contributed by atoms with Gasteiger partial charge in [0.2, 0.25) is 23.4 Å². The first-order valence-corrected chi connectivity index (χ1v) is 6.12. The van der Waals surface area contributed by atoms with Crippen molar-refractivity contribution in [1.82, 2.24) is 30.3 Å². The van der Waals surface area contributed by atoms with Gasteiger partial charge in [-0.1, -0.05) is 5.16 Å². The highest BCUT2D eigenvalue weighted by molar-refractivity contribution is 5.81. The van der Waals surface area contributed by atoms with Crippen LogP contribution in [0.2, 0.25) is 0 Å². The topological polar surface area (TPSA) is 97.0 Å². The maximum atomic E-state index is 11.8. The van der Waals surface area contributed by atoms with Crippen molar-refractivity contribution in [2.75, 3.05) is 14.1 Å². The Morgan fingerprint density at radius 1 is 1.35 bits per heavy atom. The molecule has 0 saturated heterocycles. The average molecular weight is 276 g/mol. The molecule has 1 N–H and O–H groups in total. The van der Waals surface area contributed by atoms with Crippen molar-refractivity contribution in [1.29, 1.82) is 0 Å². The second-order valence-electron chi connectivity index (χ2n) is 4.44. The van der Waals surface area contributed by atoms with E-state index in [-0.39, 0.29) is 18.5 Å². The van der Waals surface area contributed by atoms with Gasteiger partial charge in [0.25, 0.3) is 0 Å². The van der Waals surface area contributed by atoms with E-state index < -0.39 is 0 Å². The zero-order chi connectivity index (χ0) is 14.5. The van der Waals surface area contributed by atoms with E-state index in [0.717, 1.165) is 0 Å². The Morgan fingerprint density at radius 3 is 2.70 bits per heavy atom. The lowest BCUT2D eigenvalue weighted by Crippen LogP contribution is -2.41. The third kappa shape index (κ3) is 3.35. The standard InChI is InChI=1S/C12H16N6O2/c1-8(18(2)3)12(19)15-7-9-16-11(17-20-9)10-13-5-4-6-14-10/h4-6,8H,7H2,1-3H3,(H,15,19). The summed E-state index contributed by atoms with van der Waals surface area (Å²) in [4.78, 5) is 25.7. The van der Waals surface area contributed by atoms with Crippen LogP contribution in [-0.2, 0) is 11.3 Å². The largest absolute Gasteiger partial charge is 0.346 e. The molecule has 8 nitrogen and oxygen atoms in total. The number of hydrogen-bond acceptors (Lipinski definition) is 7. The van der Waals surface area contributed by atoms with E-state index >= 15 is 0 Å². The highest BCUT2D eigenvalue weighted by atomic mass is 16.5. The highest BCUT2D eigenvalue weighted by Crippen LogP contribution is 2.08. The average Bonchev–Trinajstić information content (AvgIpc) is 2.93. The molecule has 0 aliphatic carbocycles. The van der Waals surface area contributed by atoms with Crippen LogP contribution in [0.25, 0.3) is 11.6 Å². The third-order valence-electron chi connectivity index (χ3n) is 2.80. The van der Waals surface area contributed by atoms with E-state index in [2.05, 4.69) is 25.4 Å². The van der Waals surface area contributed by atoms with Gasteiger partial charge in [-0.2, -0.15) is 4.98 Å². The van der Waals surface area contributed by atoms with E-state index in [9.17, 15) is 4.79 Å².